The number of fused-ring (bicyclic) bond motifs is 1. The Balaban J connectivity index is 0.00000180. The lowest BCUT2D eigenvalue weighted by Crippen LogP contribution is -2.26. The second-order valence-corrected chi connectivity index (χ2v) is 17.2. The predicted molar refractivity (Wildman–Crippen MR) is 315 cm³/mol. The van der Waals surface area contributed by atoms with Crippen LogP contribution in [0.1, 0.15) is 139 Å². The first-order valence-electron chi connectivity index (χ1n) is 25.0. The van der Waals surface area contributed by atoms with Crippen molar-refractivity contribution in [2.45, 2.75) is 122 Å². The maximum Gasteiger partial charge on any atom is 0.0458 e. The summed E-state index contributed by atoms with van der Waals surface area (Å²) in [5, 5.41) is 0. The number of hydrogen-bond donors (Lipinski definition) is 0. The number of para-hydroxylation sites is 1. The molecular weight excluding hydrogens is 831 g/mol. The summed E-state index contributed by atoms with van der Waals surface area (Å²) in [5.41, 5.74) is 20.1. The molecule has 0 saturated carbocycles. The van der Waals surface area contributed by atoms with Gasteiger partial charge in [0.1, 0.15) is 0 Å². The van der Waals surface area contributed by atoms with Gasteiger partial charge in [0.2, 0.25) is 0 Å². The Hall–Kier alpha value is -6.66. The van der Waals surface area contributed by atoms with Crippen LogP contribution >= 0.6 is 0 Å². The molecule has 364 valence electrons. The average molecular weight is 918 g/mol. The fraction of sp³-hybridized carbons (Fsp3) is 0.279. The lowest BCUT2D eigenvalue weighted by Gasteiger charge is -2.33. The third-order valence-corrected chi connectivity index (χ3v) is 12.0. The van der Waals surface area contributed by atoms with Crippen molar-refractivity contribution in [1.29, 1.82) is 0 Å². The zero-order valence-electron chi connectivity index (χ0n) is 45.5. The van der Waals surface area contributed by atoms with Gasteiger partial charge in [-0.2, -0.15) is 0 Å². The van der Waals surface area contributed by atoms with Gasteiger partial charge in [0, 0.05) is 28.1 Å². The molecule has 1 nitrogen and oxygen atoms in total. The van der Waals surface area contributed by atoms with Crippen molar-refractivity contribution in [3.63, 3.8) is 0 Å². The highest BCUT2D eigenvalue weighted by atomic mass is 15.1. The molecule has 0 bridgehead atoms. The number of nitrogens with zero attached hydrogens (tertiary/aromatic N) is 1. The maximum atomic E-state index is 4.42. The molecule has 0 aromatic heterocycles. The van der Waals surface area contributed by atoms with Crippen molar-refractivity contribution in [2.24, 2.45) is 5.41 Å². The fourth-order valence-corrected chi connectivity index (χ4v) is 7.67. The molecule has 0 saturated heterocycles. The molecule has 0 unspecified atom stereocenters. The van der Waals surface area contributed by atoms with E-state index in [1.807, 2.05) is 78.8 Å². The van der Waals surface area contributed by atoms with Crippen LogP contribution in [0.5, 0.6) is 0 Å². The lowest BCUT2D eigenvalue weighted by molar-refractivity contribution is 0.486. The highest BCUT2D eigenvalue weighted by molar-refractivity contribution is 5.83. The van der Waals surface area contributed by atoms with Gasteiger partial charge in [0.05, 0.1) is 0 Å². The first kappa shape index (κ1) is 60.4. The van der Waals surface area contributed by atoms with E-state index in [0.29, 0.717) is 0 Å². The Labute approximate surface area is 423 Å². The average Bonchev–Trinajstić information content (AvgIpc) is 3.48. The van der Waals surface area contributed by atoms with Gasteiger partial charge in [0.25, 0.3) is 0 Å². The second kappa shape index (κ2) is 32.2. The molecule has 69 heavy (non-hydrogen) atoms. The summed E-state index contributed by atoms with van der Waals surface area (Å²) in [5.74, 6) is 0. The minimum absolute atomic E-state index is 0.0467. The van der Waals surface area contributed by atoms with E-state index in [0.717, 1.165) is 57.8 Å². The Morgan fingerprint density at radius 3 is 1.87 bits per heavy atom. The van der Waals surface area contributed by atoms with Crippen LogP contribution in [0.15, 0.2) is 247 Å². The molecule has 0 amide bonds. The van der Waals surface area contributed by atoms with Gasteiger partial charge >= 0.3 is 0 Å². The van der Waals surface area contributed by atoms with Gasteiger partial charge in [-0.05, 0) is 165 Å². The van der Waals surface area contributed by atoms with Crippen LogP contribution in [-0.2, 0) is 5.41 Å². The quantitative estimate of drug-likeness (QED) is 0.0834. The normalized spacial score (nSPS) is 14.4. The Kier molecular flexibility index (Phi) is 28.1. The van der Waals surface area contributed by atoms with Crippen LogP contribution in [0.2, 0.25) is 0 Å². The molecule has 3 aromatic carbocycles. The van der Waals surface area contributed by atoms with Gasteiger partial charge in [0.15, 0.2) is 0 Å². The van der Waals surface area contributed by atoms with Crippen molar-refractivity contribution < 1.29 is 0 Å². The van der Waals surface area contributed by atoms with Gasteiger partial charge in [-0.1, -0.05) is 222 Å². The lowest BCUT2D eigenvalue weighted by atomic mass is 9.72. The zero-order valence-corrected chi connectivity index (χ0v) is 45.5. The third-order valence-electron chi connectivity index (χ3n) is 12.0. The summed E-state index contributed by atoms with van der Waals surface area (Å²) in [6, 6.07) is 27.9. The summed E-state index contributed by atoms with van der Waals surface area (Å²) >= 11 is 0. The number of anilines is 1. The van der Waals surface area contributed by atoms with Crippen LogP contribution in [-0.4, -0.2) is 0 Å². The molecule has 0 N–H and O–H groups in total. The van der Waals surface area contributed by atoms with E-state index >= 15 is 0 Å². The van der Waals surface area contributed by atoms with Gasteiger partial charge in [-0.15, -0.1) is 5.73 Å². The molecule has 5 rings (SSSR count). The maximum absolute atomic E-state index is 4.42. The molecular formula is C68H87N. The van der Waals surface area contributed by atoms with Crippen molar-refractivity contribution in [2.75, 3.05) is 4.90 Å². The van der Waals surface area contributed by atoms with E-state index in [-0.39, 0.29) is 10.8 Å². The van der Waals surface area contributed by atoms with Crippen molar-refractivity contribution in [3.05, 3.63) is 270 Å². The number of allylic oxidation sites excluding steroid dienone is 23. The van der Waals surface area contributed by atoms with Crippen molar-refractivity contribution >= 4 is 22.9 Å². The molecule has 0 spiro atoms. The first-order chi connectivity index (χ1) is 33.2. The Morgan fingerprint density at radius 2 is 1.35 bits per heavy atom. The van der Waals surface area contributed by atoms with E-state index < -0.39 is 0 Å². The third kappa shape index (κ3) is 17.7. The van der Waals surface area contributed by atoms with Crippen LogP contribution in [0.25, 0.3) is 17.2 Å². The summed E-state index contributed by atoms with van der Waals surface area (Å²) in [6.07, 6.45) is 37.4. The topological polar surface area (TPSA) is 3.24 Å². The molecule has 0 radical (unpaired) electrons. The van der Waals surface area contributed by atoms with Crippen molar-refractivity contribution in [3.8, 4) is 0 Å². The van der Waals surface area contributed by atoms with E-state index in [2.05, 4.69) is 232 Å². The first-order valence-corrected chi connectivity index (χ1v) is 25.0. The van der Waals surface area contributed by atoms with E-state index in [4.69, 9.17) is 0 Å². The van der Waals surface area contributed by atoms with E-state index in [1.54, 1.807) is 12.2 Å². The second-order valence-electron chi connectivity index (χ2n) is 17.2. The Morgan fingerprint density at radius 1 is 0.754 bits per heavy atom. The summed E-state index contributed by atoms with van der Waals surface area (Å²) < 4.78 is 0. The monoisotopic (exact) mass is 918 g/mol. The molecule has 2 aliphatic carbocycles. The number of rotatable bonds is 15. The van der Waals surface area contributed by atoms with Crippen LogP contribution in [0, 0.1) is 5.41 Å². The largest absolute Gasteiger partial charge is 0.315 e. The summed E-state index contributed by atoms with van der Waals surface area (Å²) in [6.45, 7) is 47.6. The van der Waals surface area contributed by atoms with Crippen LogP contribution < -0.4 is 4.90 Å². The minimum Gasteiger partial charge on any atom is -0.315 e. The van der Waals surface area contributed by atoms with Crippen LogP contribution in [0.4, 0.5) is 5.69 Å². The molecule has 3 aromatic rings. The SMILES string of the molecule is C/C=C\C.C=C/C(=C\C1=C(C)c2ccc(/C=C/C3=CC=C=C(C(=C/C(=C)c4ccccc4)/C=C(\C)C(C)(C)C)C=C3)cc2C1(CC)CC)N(/C(C)=C/C=C\C)c1ccccc1.C=CC=C.CC.CC. The minimum atomic E-state index is -0.116. The van der Waals surface area contributed by atoms with Gasteiger partial charge < -0.3 is 4.90 Å². The molecule has 0 atom stereocenters. The van der Waals surface area contributed by atoms with Crippen LogP contribution in [0.3, 0.4) is 0 Å². The molecule has 0 fully saturated rings. The smallest absolute Gasteiger partial charge is 0.0458 e. The van der Waals surface area contributed by atoms with Gasteiger partial charge in [-0.3, -0.25) is 0 Å². The molecule has 0 heterocycles. The molecule has 0 aliphatic heterocycles. The highest BCUT2D eigenvalue weighted by Crippen LogP contribution is 2.52. The Bertz CT molecular complexity index is 2490. The molecule has 2 aliphatic rings. The standard InChI is InChI=1S/C56H61N.C4H8.C4H6.2C2H6/c1-12-16-24-43(7)57(51-29-21-18-22-30-51)50(13-2)40-53-44(8)52-36-34-46(39-54(52)56(53,14-3)15-4)32-31-45-25-23-28-48(35-33-45)49(38-42(6)55(9,10)11)37-41(5)47-26-19-17-20-27-47;2*1-3-4-2;2*1-2/h12-13,16-27,29-40H,2,5,14-15H2,1,3-4,6-11H3;3-4H,1-2H3;3-4H,1-2H2;2*1-2H3/b16-12-,32-31+,42-38+,43-24+,49-37+,50-40+;4-3-;;;. The zero-order chi connectivity index (χ0) is 52.0. The summed E-state index contributed by atoms with van der Waals surface area (Å²) in [4.78, 5) is 2.31. The molecule has 1 heteroatoms. The predicted octanol–water partition coefficient (Wildman–Crippen LogP) is 20.8. The highest BCUT2D eigenvalue weighted by Gasteiger charge is 2.40. The van der Waals surface area contributed by atoms with Gasteiger partial charge in [-0.25, -0.2) is 0 Å². The summed E-state index contributed by atoms with van der Waals surface area (Å²) in [7, 11) is 0. The van der Waals surface area contributed by atoms with E-state index in [9.17, 15) is 0 Å². The number of benzene rings is 3. The van der Waals surface area contributed by atoms with E-state index in [1.165, 1.54) is 33.4 Å². The fourth-order valence-electron chi connectivity index (χ4n) is 7.67. The van der Waals surface area contributed by atoms with Crippen molar-refractivity contribution in [1.82, 2.24) is 0 Å². The number of hydrogen-bond acceptors (Lipinski definition) is 1.